The van der Waals surface area contributed by atoms with E-state index in [1.165, 1.54) is 21.5 Å². The van der Waals surface area contributed by atoms with Crippen LogP contribution in [0.3, 0.4) is 0 Å². The van der Waals surface area contributed by atoms with Gasteiger partial charge in [0.1, 0.15) is 5.75 Å². The summed E-state index contributed by atoms with van der Waals surface area (Å²) in [6.45, 7) is 0. The van der Waals surface area contributed by atoms with Crippen LogP contribution in [-0.2, 0) is 0 Å². The van der Waals surface area contributed by atoms with Crippen LogP contribution in [0.15, 0.2) is 66.7 Å². The third kappa shape index (κ3) is 1.26. The number of phenolic OH excluding ortho intramolecular Hbond substituents is 1. The minimum absolute atomic E-state index is 0.381. The molecule has 21 heavy (non-hydrogen) atoms. The summed E-state index contributed by atoms with van der Waals surface area (Å²) in [4.78, 5) is 0. The van der Waals surface area contributed by atoms with Crippen LogP contribution >= 0.6 is 0 Å². The number of benzene rings is 6. The fourth-order valence-electron chi connectivity index (χ4n) is 3.62. The second-order valence-corrected chi connectivity index (χ2v) is 5.57. The molecule has 2 bridgehead atoms. The maximum Gasteiger partial charge on any atom is 0.124 e. The molecule has 6 rings (SSSR count). The Balaban J connectivity index is 2.23. The van der Waals surface area contributed by atoms with Gasteiger partial charge >= 0.3 is 0 Å². The minimum Gasteiger partial charge on any atom is -0.507 e. The molecule has 0 amide bonds. The normalized spacial score (nSPS) is 12.0. The van der Waals surface area contributed by atoms with Crippen molar-refractivity contribution in [3.8, 4) is 5.75 Å². The zero-order valence-electron chi connectivity index (χ0n) is 11.3. The zero-order chi connectivity index (χ0) is 14.0. The van der Waals surface area contributed by atoms with Crippen molar-refractivity contribution in [3.63, 3.8) is 0 Å². The fourth-order valence-corrected chi connectivity index (χ4v) is 3.62. The van der Waals surface area contributed by atoms with Gasteiger partial charge in [-0.15, -0.1) is 0 Å². The third-order valence-corrected chi connectivity index (χ3v) is 4.49. The summed E-state index contributed by atoms with van der Waals surface area (Å²) in [6.07, 6.45) is 0. The number of phenols is 2. The van der Waals surface area contributed by atoms with E-state index in [4.69, 9.17) is 0 Å². The lowest BCUT2D eigenvalue weighted by Gasteiger charge is -2.16. The lowest BCUT2D eigenvalue weighted by Crippen LogP contribution is -1.87. The predicted octanol–water partition coefficient (Wildman–Crippen LogP) is 5.44. The molecule has 1 nitrogen and oxygen atoms in total. The van der Waals surface area contributed by atoms with E-state index < -0.39 is 0 Å². The Hall–Kier alpha value is -2.80. The Morgan fingerprint density at radius 2 is 1.24 bits per heavy atom. The highest BCUT2D eigenvalue weighted by Gasteiger charge is 2.16. The number of rotatable bonds is 0. The van der Waals surface area contributed by atoms with E-state index in [1.807, 2.05) is 12.1 Å². The Kier molecular flexibility index (Phi) is 1.90. The summed E-state index contributed by atoms with van der Waals surface area (Å²) < 4.78 is 0. The second kappa shape index (κ2) is 3.64. The minimum atomic E-state index is 0.381. The second-order valence-electron chi connectivity index (χ2n) is 5.57. The molecule has 0 saturated carbocycles. The van der Waals surface area contributed by atoms with Gasteiger partial charge in [0.05, 0.1) is 0 Å². The number of hydrogen-bond acceptors (Lipinski definition) is 1. The molecular weight excluding hydrogens is 256 g/mol. The van der Waals surface area contributed by atoms with Crippen molar-refractivity contribution >= 4 is 43.1 Å². The van der Waals surface area contributed by atoms with E-state index in [2.05, 4.69) is 54.6 Å². The molecule has 6 aromatic carbocycles. The van der Waals surface area contributed by atoms with Crippen molar-refractivity contribution in [2.24, 2.45) is 0 Å². The maximum absolute atomic E-state index is 10.4. The van der Waals surface area contributed by atoms with Gasteiger partial charge in [0.2, 0.25) is 0 Å². The predicted molar refractivity (Wildman–Crippen MR) is 89.3 cm³/mol. The Morgan fingerprint density at radius 3 is 2.10 bits per heavy atom. The molecule has 0 saturated heterocycles. The van der Waals surface area contributed by atoms with Crippen molar-refractivity contribution in [1.29, 1.82) is 0 Å². The number of fused-ring (bicyclic) bond motifs is 2. The Morgan fingerprint density at radius 1 is 0.524 bits per heavy atom. The first-order chi connectivity index (χ1) is 10.3. The van der Waals surface area contributed by atoms with E-state index >= 15 is 0 Å². The average Bonchev–Trinajstić information content (AvgIpc) is 2.54. The summed E-state index contributed by atoms with van der Waals surface area (Å²) >= 11 is 0. The standard InChI is InChI=1S/C20H12O/c21-18-11-17-14-7-3-4-8-15(14)20(18)16-10-9-12-5-1-2-6-13(12)19(16)17/h1-11,21H. The van der Waals surface area contributed by atoms with Gasteiger partial charge in [-0.05, 0) is 43.8 Å². The van der Waals surface area contributed by atoms with Crippen molar-refractivity contribution in [1.82, 2.24) is 0 Å². The quantitative estimate of drug-likeness (QED) is 0.293. The van der Waals surface area contributed by atoms with Gasteiger partial charge in [0.25, 0.3) is 0 Å². The van der Waals surface area contributed by atoms with Gasteiger partial charge < -0.3 is 5.11 Å². The van der Waals surface area contributed by atoms with Crippen LogP contribution < -0.4 is 0 Å². The Bertz CT molecular complexity index is 1140. The molecule has 0 unspecified atom stereocenters. The molecule has 0 fully saturated rings. The molecule has 0 aliphatic carbocycles. The highest BCUT2D eigenvalue weighted by Crippen LogP contribution is 2.45. The number of aromatic hydroxyl groups is 1. The topological polar surface area (TPSA) is 20.2 Å². The van der Waals surface area contributed by atoms with Crippen molar-refractivity contribution < 1.29 is 5.11 Å². The van der Waals surface area contributed by atoms with Gasteiger partial charge in [-0.2, -0.15) is 0 Å². The van der Waals surface area contributed by atoms with E-state index in [0.717, 1.165) is 21.5 Å². The first-order valence-corrected chi connectivity index (χ1v) is 7.12. The van der Waals surface area contributed by atoms with Crippen LogP contribution in [0.25, 0.3) is 43.1 Å². The lowest BCUT2D eigenvalue weighted by molar-refractivity contribution is 0.482. The SMILES string of the molecule is Oc1cc2c3ccccc3c1c1ccc3ccccc3c21. The maximum atomic E-state index is 10.4. The molecule has 0 heterocycles. The van der Waals surface area contributed by atoms with Crippen LogP contribution in [0.4, 0.5) is 0 Å². The molecule has 0 aliphatic rings. The fraction of sp³-hybridized carbons (Fsp3) is 0. The molecule has 0 spiro atoms. The average molecular weight is 268 g/mol. The first kappa shape index (κ1) is 10.9. The van der Waals surface area contributed by atoms with Gasteiger partial charge in [-0.25, -0.2) is 0 Å². The van der Waals surface area contributed by atoms with Crippen LogP contribution in [0.1, 0.15) is 0 Å². The largest absolute Gasteiger partial charge is 0.507 e. The van der Waals surface area contributed by atoms with Gasteiger partial charge in [-0.3, -0.25) is 0 Å². The van der Waals surface area contributed by atoms with Crippen molar-refractivity contribution in [3.05, 3.63) is 66.7 Å². The zero-order valence-corrected chi connectivity index (χ0v) is 11.3. The molecule has 1 heteroatoms. The molecule has 0 radical (unpaired) electrons. The molecule has 0 atom stereocenters. The van der Waals surface area contributed by atoms with Crippen molar-refractivity contribution in [2.45, 2.75) is 0 Å². The van der Waals surface area contributed by atoms with Gasteiger partial charge in [-0.1, -0.05) is 60.7 Å². The summed E-state index contributed by atoms with van der Waals surface area (Å²) in [6, 6.07) is 22.9. The summed E-state index contributed by atoms with van der Waals surface area (Å²) in [5.41, 5.74) is 0. The highest BCUT2D eigenvalue weighted by molar-refractivity contribution is 6.34. The first-order valence-electron chi connectivity index (χ1n) is 7.12. The summed E-state index contributed by atoms with van der Waals surface area (Å²) in [7, 11) is 0. The molecule has 1 N–H and O–H groups in total. The lowest BCUT2D eigenvalue weighted by atomic mass is 9.88. The molecule has 0 aliphatic heterocycles. The smallest absolute Gasteiger partial charge is 0.124 e. The van der Waals surface area contributed by atoms with Crippen LogP contribution in [-0.4, -0.2) is 5.11 Å². The molecule has 98 valence electrons. The van der Waals surface area contributed by atoms with Crippen LogP contribution in [0, 0.1) is 0 Å². The van der Waals surface area contributed by atoms with Crippen LogP contribution in [0.5, 0.6) is 5.75 Å². The monoisotopic (exact) mass is 268 g/mol. The van der Waals surface area contributed by atoms with Gasteiger partial charge in [0, 0.05) is 5.39 Å². The van der Waals surface area contributed by atoms with E-state index in [-0.39, 0.29) is 0 Å². The Labute approximate surface area is 121 Å². The van der Waals surface area contributed by atoms with Crippen molar-refractivity contribution in [2.75, 3.05) is 0 Å². The highest BCUT2D eigenvalue weighted by atomic mass is 16.3. The van der Waals surface area contributed by atoms with E-state index in [0.29, 0.717) is 5.75 Å². The van der Waals surface area contributed by atoms with E-state index in [1.54, 1.807) is 0 Å². The summed E-state index contributed by atoms with van der Waals surface area (Å²) in [5, 5.41) is 19.7. The summed E-state index contributed by atoms with van der Waals surface area (Å²) in [5.74, 6) is 0.381. The molecule has 0 aromatic heterocycles. The van der Waals surface area contributed by atoms with Gasteiger partial charge in [0.15, 0.2) is 0 Å². The van der Waals surface area contributed by atoms with E-state index in [9.17, 15) is 5.11 Å². The molecule has 6 aromatic rings. The number of hydrogen-bond donors (Lipinski definition) is 1. The van der Waals surface area contributed by atoms with Crippen LogP contribution in [0.2, 0.25) is 0 Å². The third-order valence-electron chi connectivity index (χ3n) is 4.49. The molecular formula is C20H12O.